The number of sulfonamides is 1. The highest BCUT2D eigenvalue weighted by Gasteiger charge is 2.36. The third-order valence-corrected chi connectivity index (χ3v) is 7.26. The fourth-order valence-corrected chi connectivity index (χ4v) is 4.79. The third kappa shape index (κ3) is 6.11. The third-order valence-electron chi connectivity index (χ3n) is 5.45. The van der Waals surface area contributed by atoms with E-state index in [0.29, 0.717) is 42.1 Å². The van der Waals surface area contributed by atoms with Gasteiger partial charge in [0.25, 0.3) is 0 Å². The number of rotatable bonds is 10. The Kier molecular flexibility index (Phi) is 7.43. The van der Waals surface area contributed by atoms with Gasteiger partial charge in [0.2, 0.25) is 27.8 Å². The van der Waals surface area contributed by atoms with Gasteiger partial charge in [-0.15, -0.1) is 0 Å². The number of hydrogen-bond donors (Lipinski definition) is 2. The predicted octanol–water partition coefficient (Wildman–Crippen LogP) is 3.90. The van der Waals surface area contributed by atoms with E-state index in [2.05, 4.69) is 30.0 Å². The van der Waals surface area contributed by atoms with E-state index in [9.17, 15) is 17.6 Å². The number of nitrogens with zero attached hydrogens (tertiary/aromatic N) is 4. The minimum Gasteiger partial charge on any atom is -0.474 e. The molecule has 0 radical (unpaired) electrons. The molecule has 2 heterocycles. The summed E-state index contributed by atoms with van der Waals surface area (Å²) in [7, 11) is -3.54. The number of ether oxygens (including phenoxy) is 1. The molecule has 1 atom stereocenters. The zero-order chi connectivity index (χ0) is 25.9. The molecule has 3 aromatic rings. The molecule has 0 saturated heterocycles. The van der Waals surface area contributed by atoms with Crippen LogP contribution in [0, 0.1) is 5.82 Å². The zero-order valence-corrected chi connectivity index (χ0v) is 20.9. The van der Waals surface area contributed by atoms with Crippen molar-refractivity contribution < 1.29 is 22.3 Å². The van der Waals surface area contributed by atoms with Crippen molar-refractivity contribution in [2.24, 2.45) is 0 Å². The second kappa shape index (κ2) is 10.5. The summed E-state index contributed by atoms with van der Waals surface area (Å²) in [6.07, 6.45) is 5.84. The van der Waals surface area contributed by atoms with Crippen LogP contribution in [0.2, 0.25) is 0 Å². The van der Waals surface area contributed by atoms with Crippen molar-refractivity contribution in [1.29, 1.82) is 0 Å². The van der Waals surface area contributed by atoms with Crippen LogP contribution in [0.1, 0.15) is 51.6 Å². The summed E-state index contributed by atoms with van der Waals surface area (Å²) in [5.74, 6) is -1.63. The lowest BCUT2D eigenvalue weighted by Crippen LogP contribution is -2.23. The molecule has 190 valence electrons. The van der Waals surface area contributed by atoms with Gasteiger partial charge in [-0.2, -0.15) is 0 Å². The number of hydrogen-bond acceptors (Lipinski definition) is 8. The maximum Gasteiger partial charge on any atom is 0.237 e. The van der Waals surface area contributed by atoms with Crippen LogP contribution in [0.15, 0.2) is 42.9 Å². The number of carbonyl (C=O) groups excluding carboxylic acids is 1. The molecule has 0 bridgehead atoms. The van der Waals surface area contributed by atoms with Crippen molar-refractivity contribution in [2.75, 3.05) is 10.0 Å². The minimum absolute atomic E-state index is 0.00606. The highest BCUT2D eigenvalue weighted by Crippen LogP contribution is 2.30. The molecule has 12 heteroatoms. The van der Waals surface area contributed by atoms with E-state index in [0.717, 1.165) is 0 Å². The van der Waals surface area contributed by atoms with Crippen LogP contribution >= 0.6 is 0 Å². The molecule has 0 spiro atoms. The Labute approximate surface area is 208 Å². The van der Waals surface area contributed by atoms with Gasteiger partial charge in [-0.05, 0) is 51.3 Å². The summed E-state index contributed by atoms with van der Waals surface area (Å²) in [6.45, 7) is 5.51. The highest BCUT2D eigenvalue weighted by molar-refractivity contribution is 7.93. The Morgan fingerprint density at radius 1 is 1.19 bits per heavy atom. The van der Waals surface area contributed by atoms with Crippen LogP contribution in [0.3, 0.4) is 0 Å². The van der Waals surface area contributed by atoms with Crippen LogP contribution in [0.4, 0.5) is 16.0 Å². The van der Waals surface area contributed by atoms with Crippen LogP contribution < -0.4 is 14.8 Å². The summed E-state index contributed by atoms with van der Waals surface area (Å²) in [4.78, 5) is 29.6. The maximum absolute atomic E-state index is 14.9. The van der Waals surface area contributed by atoms with E-state index in [-0.39, 0.29) is 17.7 Å². The van der Waals surface area contributed by atoms with Crippen molar-refractivity contribution in [2.45, 2.75) is 57.3 Å². The number of carbonyl (C=O) groups is 1. The Balaban J connectivity index is 1.49. The lowest BCUT2D eigenvalue weighted by Gasteiger charge is -2.16. The molecule has 1 fully saturated rings. The lowest BCUT2D eigenvalue weighted by molar-refractivity contribution is -0.117. The number of amides is 1. The quantitative estimate of drug-likeness (QED) is 0.416. The highest BCUT2D eigenvalue weighted by atomic mass is 32.2. The number of nitrogens with one attached hydrogen (secondary N) is 2. The van der Waals surface area contributed by atoms with E-state index >= 15 is 0 Å². The summed E-state index contributed by atoms with van der Waals surface area (Å²) < 4.78 is 47.2. The van der Waals surface area contributed by atoms with E-state index in [1.807, 2.05) is 13.8 Å². The van der Waals surface area contributed by atoms with Crippen LogP contribution in [-0.2, 0) is 14.8 Å². The smallest absolute Gasteiger partial charge is 0.237 e. The molecule has 1 amide bonds. The summed E-state index contributed by atoms with van der Waals surface area (Å²) in [5.41, 5.74) is 1.22. The molecule has 1 aliphatic carbocycles. The fourth-order valence-electron chi connectivity index (χ4n) is 3.51. The molecule has 1 aliphatic rings. The van der Waals surface area contributed by atoms with Gasteiger partial charge < -0.3 is 10.1 Å². The topological polar surface area (TPSA) is 136 Å². The van der Waals surface area contributed by atoms with E-state index in [1.165, 1.54) is 36.8 Å². The first-order valence-corrected chi connectivity index (χ1v) is 13.1. The molecule has 2 N–H and O–H groups in total. The van der Waals surface area contributed by atoms with Crippen molar-refractivity contribution in [1.82, 2.24) is 19.9 Å². The van der Waals surface area contributed by atoms with Gasteiger partial charge in [0.15, 0.2) is 0 Å². The lowest BCUT2D eigenvalue weighted by atomic mass is 10.0. The van der Waals surface area contributed by atoms with Crippen molar-refractivity contribution in [3.8, 4) is 17.1 Å². The first-order valence-electron chi connectivity index (χ1n) is 11.6. The Bertz CT molecular complexity index is 1360. The zero-order valence-electron chi connectivity index (χ0n) is 20.1. The standard InChI is InChI=1S/C24H27FN6O4S/c1-4-17(19-9-10-27-24(30-19)31-36(33,34)16-6-7-16)23(32)29-20-8-5-15(11-18(20)25)21-12-26-13-22(28-21)35-14(2)3/h5,8-14,16-17H,4,6-7H2,1-3H3,(H,29,32)(H,27,30,31). The van der Waals surface area contributed by atoms with E-state index < -0.39 is 32.9 Å². The number of aromatic nitrogens is 4. The Morgan fingerprint density at radius 3 is 2.64 bits per heavy atom. The molecule has 1 aromatic carbocycles. The molecule has 36 heavy (non-hydrogen) atoms. The van der Waals surface area contributed by atoms with E-state index in [4.69, 9.17) is 4.74 Å². The molecule has 2 aromatic heterocycles. The summed E-state index contributed by atoms with van der Waals surface area (Å²) >= 11 is 0. The first kappa shape index (κ1) is 25.4. The Hall–Kier alpha value is -3.67. The molecule has 4 rings (SSSR count). The average molecular weight is 515 g/mol. The van der Waals surface area contributed by atoms with Crippen LogP contribution in [0.25, 0.3) is 11.3 Å². The normalized spacial score (nSPS) is 14.4. The minimum atomic E-state index is -3.54. The number of halogens is 1. The average Bonchev–Trinajstić information content (AvgIpc) is 3.67. The monoisotopic (exact) mass is 514 g/mol. The van der Waals surface area contributed by atoms with Gasteiger partial charge in [0, 0.05) is 11.8 Å². The Morgan fingerprint density at radius 2 is 1.97 bits per heavy atom. The van der Waals surface area contributed by atoms with Gasteiger partial charge in [0.1, 0.15) is 5.82 Å². The second-order valence-corrected chi connectivity index (χ2v) is 10.7. The van der Waals surface area contributed by atoms with Crippen LogP contribution in [-0.4, -0.2) is 45.6 Å². The molecule has 0 aliphatic heterocycles. The molecule has 1 unspecified atom stereocenters. The SMILES string of the molecule is CCC(C(=O)Nc1ccc(-c2cncc(OC(C)C)n2)cc1F)c1ccnc(NS(=O)(=O)C2CC2)n1. The van der Waals surface area contributed by atoms with E-state index in [1.54, 1.807) is 13.0 Å². The van der Waals surface area contributed by atoms with Crippen molar-refractivity contribution in [3.05, 3.63) is 54.4 Å². The summed E-state index contributed by atoms with van der Waals surface area (Å²) in [5, 5.41) is 2.16. The van der Waals surface area contributed by atoms with Gasteiger partial charge in [-0.3, -0.25) is 14.5 Å². The van der Waals surface area contributed by atoms with Crippen molar-refractivity contribution >= 4 is 27.6 Å². The molecule has 10 nitrogen and oxygen atoms in total. The number of anilines is 2. The van der Waals surface area contributed by atoms with Gasteiger partial charge >= 0.3 is 0 Å². The van der Waals surface area contributed by atoms with Gasteiger partial charge in [-0.25, -0.2) is 27.8 Å². The number of benzene rings is 1. The predicted molar refractivity (Wildman–Crippen MR) is 132 cm³/mol. The molecular weight excluding hydrogens is 487 g/mol. The first-order chi connectivity index (χ1) is 17.2. The van der Waals surface area contributed by atoms with Gasteiger partial charge in [-0.1, -0.05) is 13.0 Å². The van der Waals surface area contributed by atoms with Crippen molar-refractivity contribution in [3.63, 3.8) is 0 Å². The maximum atomic E-state index is 14.9. The van der Waals surface area contributed by atoms with Crippen LogP contribution in [0.5, 0.6) is 5.88 Å². The second-order valence-electron chi connectivity index (χ2n) is 8.71. The molecular formula is C24H27FN6O4S. The summed E-state index contributed by atoms with van der Waals surface area (Å²) in [6, 6.07) is 5.86. The van der Waals surface area contributed by atoms with Gasteiger partial charge in [0.05, 0.1) is 46.7 Å². The largest absolute Gasteiger partial charge is 0.474 e. The molecule has 1 saturated carbocycles. The fraction of sp³-hybridized carbons (Fsp3) is 0.375.